The molecule has 6 N–H and O–H groups in total. The number of amides is 1. The molecule has 5 unspecified atom stereocenters. The third-order valence-corrected chi connectivity index (χ3v) is 10.6. The fourth-order valence-electron chi connectivity index (χ4n) is 6.90. The van der Waals surface area contributed by atoms with E-state index in [9.17, 15) is 14.4 Å². The maximum absolute atomic E-state index is 13.8. The number of nitrogens with zero attached hydrogens (tertiary/aromatic N) is 4. The first-order valence-electron chi connectivity index (χ1n) is 16.1. The number of rotatable bonds is 9. The van der Waals surface area contributed by atoms with Crippen molar-refractivity contribution in [1.82, 2.24) is 24.8 Å². The molecule has 3 heterocycles. The number of hydrogen-bond acceptors (Lipinski definition) is 12. The standard InChI is InChI=1S/C36H33ClN8O5S/c1-40-31-27-32(44-24(43-31)16-14-21-13-15-23(37)51-21)45(18-42-27)28-22-17-36(22,35(48)41-2)30(50-34(47)26(39)20-11-7-4-8-12-20)29(28)49-33(46)25(38)19-9-5-3-6-10-19/h3-13,15,18,22,25-26,28-30H,17,38-39H2,1-2H3,(H,41,48)(H,40,43,44)/t22?,25-,26?,28?,29?,30?,36-/m0/s1. The summed E-state index contributed by atoms with van der Waals surface area (Å²) >= 11 is 7.42. The Morgan fingerprint density at radius 1 is 0.941 bits per heavy atom. The molecule has 7 atom stereocenters. The van der Waals surface area contributed by atoms with Crippen LogP contribution < -0.4 is 22.1 Å². The Hall–Kier alpha value is -5.33. The van der Waals surface area contributed by atoms with Gasteiger partial charge in [-0.3, -0.25) is 4.79 Å². The van der Waals surface area contributed by atoms with Gasteiger partial charge < -0.3 is 36.1 Å². The smallest absolute Gasteiger partial charge is 0.328 e. The second-order valence-corrected chi connectivity index (χ2v) is 14.0. The average Bonchev–Trinajstić information content (AvgIpc) is 3.37. The Morgan fingerprint density at radius 3 is 2.18 bits per heavy atom. The molecule has 13 nitrogen and oxygen atoms in total. The molecule has 15 heteroatoms. The third-order valence-electron chi connectivity index (χ3n) is 9.43. The van der Waals surface area contributed by atoms with Gasteiger partial charge in [0, 0.05) is 20.0 Å². The molecule has 1 amide bonds. The van der Waals surface area contributed by atoms with E-state index < -0.39 is 53.6 Å². The van der Waals surface area contributed by atoms with Gasteiger partial charge in [-0.25, -0.2) is 24.5 Å². The van der Waals surface area contributed by atoms with Crippen LogP contribution in [0, 0.1) is 23.2 Å². The molecule has 0 radical (unpaired) electrons. The Bertz CT molecular complexity index is 2180. The van der Waals surface area contributed by atoms with E-state index in [-0.39, 0.29) is 11.7 Å². The molecule has 2 aliphatic rings. The molecule has 0 spiro atoms. The lowest BCUT2D eigenvalue weighted by Gasteiger charge is -2.32. The van der Waals surface area contributed by atoms with Crippen LogP contribution in [0.15, 0.2) is 79.1 Å². The fourth-order valence-corrected chi connectivity index (χ4v) is 7.80. The zero-order chi connectivity index (χ0) is 35.9. The van der Waals surface area contributed by atoms with E-state index in [1.54, 1.807) is 90.7 Å². The number of fused-ring (bicyclic) bond motifs is 2. The highest BCUT2D eigenvalue weighted by Gasteiger charge is 2.78. The number of ether oxygens (including phenoxy) is 2. The molecule has 51 heavy (non-hydrogen) atoms. The van der Waals surface area contributed by atoms with Crippen molar-refractivity contribution in [3.8, 4) is 11.8 Å². The van der Waals surface area contributed by atoms with Gasteiger partial charge in [0.25, 0.3) is 0 Å². The van der Waals surface area contributed by atoms with Gasteiger partial charge in [0.15, 0.2) is 29.2 Å². The first-order chi connectivity index (χ1) is 24.7. The predicted molar refractivity (Wildman–Crippen MR) is 190 cm³/mol. The zero-order valence-corrected chi connectivity index (χ0v) is 29.0. The molecule has 2 aromatic carbocycles. The van der Waals surface area contributed by atoms with Crippen LogP contribution in [-0.4, -0.2) is 63.7 Å². The van der Waals surface area contributed by atoms with Crippen LogP contribution in [0.4, 0.5) is 5.82 Å². The van der Waals surface area contributed by atoms with E-state index in [4.69, 9.17) is 37.5 Å². The number of thiophene rings is 1. The lowest BCUT2D eigenvalue weighted by Crippen LogP contribution is -2.47. The van der Waals surface area contributed by atoms with E-state index in [0.29, 0.717) is 38.9 Å². The number of anilines is 1. The van der Waals surface area contributed by atoms with Crippen molar-refractivity contribution < 1.29 is 23.9 Å². The van der Waals surface area contributed by atoms with Gasteiger partial charge in [-0.1, -0.05) is 72.3 Å². The molecule has 2 fully saturated rings. The molecule has 2 saturated carbocycles. The van der Waals surface area contributed by atoms with E-state index in [1.165, 1.54) is 18.4 Å². The number of halogens is 1. The Kier molecular flexibility index (Phi) is 9.21. The van der Waals surface area contributed by atoms with Crippen molar-refractivity contribution in [2.45, 2.75) is 36.8 Å². The van der Waals surface area contributed by atoms with E-state index in [2.05, 4.69) is 32.4 Å². The summed E-state index contributed by atoms with van der Waals surface area (Å²) in [6.45, 7) is 0. The minimum absolute atomic E-state index is 0.195. The van der Waals surface area contributed by atoms with E-state index in [0.717, 1.165) is 4.88 Å². The van der Waals surface area contributed by atoms with E-state index in [1.807, 2.05) is 0 Å². The van der Waals surface area contributed by atoms with Crippen molar-refractivity contribution in [3.05, 3.63) is 105 Å². The number of benzene rings is 2. The van der Waals surface area contributed by atoms with Crippen LogP contribution in [0.3, 0.4) is 0 Å². The summed E-state index contributed by atoms with van der Waals surface area (Å²) in [5.74, 6) is 4.26. The number of imidazole rings is 1. The summed E-state index contributed by atoms with van der Waals surface area (Å²) in [4.78, 5) is 55.9. The third kappa shape index (κ3) is 6.19. The minimum atomic E-state index is -1.25. The summed E-state index contributed by atoms with van der Waals surface area (Å²) in [6, 6.07) is 18.0. The molecule has 0 aliphatic heterocycles. The Morgan fingerprint density at radius 2 is 1.59 bits per heavy atom. The molecule has 0 saturated heterocycles. The lowest BCUT2D eigenvalue weighted by molar-refractivity contribution is -0.176. The van der Waals surface area contributed by atoms with Crippen LogP contribution in [-0.2, 0) is 23.9 Å². The number of aromatic nitrogens is 4. The van der Waals surface area contributed by atoms with Crippen LogP contribution in [0.5, 0.6) is 0 Å². The van der Waals surface area contributed by atoms with Crippen molar-refractivity contribution in [3.63, 3.8) is 0 Å². The SMILES string of the molecule is CNC(=O)[C@@]12CC1C(n1cnc3c(NC)nc(C#Cc4ccc(Cl)s4)nc31)C(OC(=O)[C@@H](N)c1ccccc1)C2OC(=O)C(N)c1ccccc1. The minimum Gasteiger partial charge on any atom is -0.456 e. The van der Waals surface area contributed by atoms with Gasteiger partial charge in [0.05, 0.1) is 27.0 Å². The Labute approximate surface area is 301 Å². The van der Waals surface area contributed by atoms with Gasteiger partial charge in [0.2, 0.25) is 11.7 Å². The van der Waals surface area contributed by atoms with Crippen molar-refractivity contribution in [2.24, 2.45) is 22.8 Å². The summed E-state index contributed by atoms with van der Waals surface area (Å²) in [5, 5.41) is 5.78. The molecule has 0 bridgehead atoms. The molecule has 2 aliphatic carbocycles. The van der Waals surface area contributed by atoms with Crippen LogP contribution in [0.2, 0.25) is 4.34 Å². The number of carbonyl (C=O) groups is 3. The number of esters is 2. The highest BCUT2D eigenvalue weighted by Crippen LogP contribution is 2.69. The number of nitrogens with two attached hydrogens (primary N) is 2. The fraction of sp³-hybridized carbons (Fsp3) is 0.278. The zero-order valence-electron chi connectivity index (χ0n) is 27.4. The normalized spacial score (nSPS) is 22.9. The summed E-state index contributed by atoms with van der Waals surface area (Å²) < 4.78 is 14.7. The molecular formula is C36H33ClN8O5S. The molecule has 3 aromatic heterocycles. The van der Waals surface area contributed by atoms with Crippen molar-refractivity contribution >= 4 is 57.8 Å². The first kappa shape index (κ1) is 34.1. The number of carbonyl (C=O) groups excluding carboxylic acids is 3. The van der Waals surface area contributed by atoms with Gasteiger partial charge in [-0.2, -0.15) is 0 Å². The topological polar surface area (TPSA) is 189 Å². The van der Waals surface area contributed by atoms with Gasteiger partial charge in [-0.05, 0) is 41.5 Å². The monoisotopic (exact) mass is 724 g/mol. The van der Waals surface area contributed by atoms with E-state index >= 15 is 0 Å². The Balaban J connectivity index is 1.32. The van der Waals surface area contributed by atoms with Crippen LogP contribution in [0.1, 0.15) is 46.4 Å². The molecule has 260 valence electrons. The van der Waals surface area contributed by atoms with Gasteiger partial charge in [-0.15, -0.1) is 11.3 Å². The highest BCUT2D eigenvalue weighted by atomic mass is 35.5. The first-order valence-corrected chi connectivity index (χ1v) is 17.3. The average molecular weight is 725 g/mol. The summed E-state index contributed by atoms with van der Waals surface area (Å²) in [7, 11) is 3.20. The molecular weight excluding hydrogens is 692 g/mol. The lowest BCUT2D eigenvalue weighted by atomic mass is 9.97. The van der Waals surface area contributed by atoms with Crippen LogP contribution in [0.25, 0.3) is 11.2 Å². The molecule has 7 rings (SSSR count). The number of hydrogen-bond donors (Lipinski definition) is 4. The van der Waals surface area contributed by atoms with Gasteiger partial charge >= 0.3 is 11.9 Å². The van der Waals surface area contributed by atoms with Crippen molar-refractivity contribution in [1.29, 1.82) is 0 Å². The second-order valence-electron chi connectivity index (χ2n) is 12.3. The maximum Gasteiger partial charge on any atom is 0.328 e. The summed E-state index contributed by atoms with van der Waals surface area (Å²) in [5.41, 5.74) is 13.3. The maximum atomic E-state index is 13.8. The van der Waals surface area contributed by atoms with Crippen LogP contribution >= 0.6 is 22.9 Å². The van der Waals surface area contributed by atoms with Crippen molar-refractivity contribution in [2.75, 3.05) is 19.4 Å². The quantitative estimate of drug-likeness (QED) is 0.129. The summed E-state index contributed by atoms with van der Waals surface area (Å²) in [6.07, 6.45) is -0.549. The largest absolute Gasteiger partial charge is 0.456 e. The molecule has 5 aromatic rings. The second kappa shape index (κ2) is 13.8. The predicted octanol–water partition coefficient (Wildman–Crippen LogP) is 3.51. The van der Waals surface area contributed by atoms with Gasteiger partial charge in [0.1, 0.15) is 12.1 Å². The highest BCUT2D eigenvalue weighted by molar-refractivity contribution is 7.16. The number of nitrogens with one attached hydrogen (secondary N) is 2.